The van der Waals surface area contributed by atoms with Gasteiger partial charge in [0, 0.05) is 0 Å². The van der Waals surface area contributed by atoms with Crippen LogP contribution in [-0.2, 0) is 0 Å². The summed E-state index contributed by atoms with van der Waals surface area (Å²) in [5, 5.41) is 8.96. The van der Waals surface area contributed by atoms with Crippen molar-refractivity contribution < 1.29 is 4.79 Å². The number of aromatic amines is 1. The Kier molecular flexibility index (Phi) is 2.59. The molecule has 2 N–H and O–H groups in total. The lowest BCUT2D eigenvalue weighted by atomic mass is 10.4. The summed E-state index contributed by atoms with van der Waals surface area (Å²) >= 11 is 5.60. The van der Waals surface area contributed by atoms with E-state index in [1.54, 1.807) is 12.1 Å². The molecule has 15 heavy (non-hydrogen) atoms. The van der Waals surface area contributed by atoms with Gasteiger partial charge < -0.3 is 5.32 Å². The van der Waals surface area contributed by atoms with Gasteiger partial charge in [0.05, 0.1) is 11.9 Å². The predicted molar refractivity (Wildman–Crippen MR) is 53.6 cm³/mol. The number of aromatic nitrogens is 4. The second-order valence-electron chi connectivity index (χ2n) is 2.66. The molecule has 0 aliphatic heterocycles. The number of H-pyrrole nitrogens is 1. The Bertz CT molecular complexity index is 452. The van der Waals surface area contributed by atoms with Crippen LogP contribution < -0.4 is 5.32 Å². The molecule has 0 radical (unpaired) electrons. The van der Waals surface area contributed by atoms with E-state index in [1.807, 2.05) is 0 Å². The van der Waals surface area contributed by atoms with Gasteiger partial charge in [-0.05, 0) is 12.1 Å². The fourth-order valence-corrected chi connectivity index (χ4v) is 1.07. The van der Waals surface area contributed by atoms with Gasteiger partial charge in [-0.25, -0.2) is 9.97 Å². The van der Waals surface area contributed by atoms with E-state index in [1.165, 1.54) is 12.5 Å². The second-order valence-corrected chi connectivity index (χ2v) is 3.05. The van der Waals surface area contributed by atoms with Gasteiger partial charge in [0.2, 0.25) is 5.82 Å². The normalized spacial score (nSPS) is 9.93. The number of hydrogen-bond donors (Lipinski definition) is 2. The maximum absolute atomic E-state index is 11.5. The van der Waals surface area contributed by atoms with Crippen molar-refractivity contribution in [2.75, 3.05) is 5.32 Å². The predicted octanol–water partition coefficient (Wildman–Crippen LogP) is 1.11. The van der Waals surface area contributed by atoms with Crippen molar-refractivity contribution in [3.8, 4) is 0 Å². The highest BCUT2D eigenvalue weighted by Gasteiger charge is 2.08. The molecule has 76 valence electrons. The quantitative estimate of drug-likeness (QED) is 0.747. The Labute approximate surface area is 89.7 Å². The molecule has 0 spiro atoms. The Morgan fingerprint density at radius 1 is 1.40 bits per heavy atom. The van der Waals surface area contributed by atoms with Crippen molar-refractivity contribution >= 4 is 23.2 Å². The number of halogens is 1. The van der Waals surface area contributed by atoms with Crippen LogP contribution in [0.2, 0.25) is 5.15 Å². The topological polar surface area (TPSA) is 83.6 Å². The van der Waals surface area contributed by atoms with Crippen LogP contribution in [0.15, 0.2) is 24.7 Å². The molecule has 7 heteroatoms. The van der Waals surface area contributed by atoms with Crippen LogP contribution in [0.25, 0.3) is 0 Å². The van der Waals surface area contributed by atoms with E-state index in [4.69, 9.17) is 11.6 Å². The van der Waals surface area contributed by atoms with Crippen LogP contribution in [0.5, 0.6) is 0 Å². The lowest BCUT2D eigenvalue weighted by Gasteiger charge is -2.01. The lowest BCUT2D eigenvalue weighted by molar-refractivity contribution is 0.101. The second kappa shape index (κ2) is 4.05. The fraction of sp³-hybridized carbons (Fsp3) is 0. The van der Waals surface area contributed by atoms with Crippen molar-refractivity contribution in [2.45, 2.75) is 0 Å². The summed E-state index contributed by atoms with van der Waals surface area (Å²) in [6.07, 6.45) is 2.71. The fourth-order valence-electron chi connectivity index (χ4n) is 0.955. The zero-order valence-electron chi connectivity index (χ0n) is 7.44. The van der Waals surface area contributed by atoms with Crippen LogP contribution in [-0.4, -0.2) is 26.1 Å². The van der Waals surface area contributed by atoms with E-state index in [2.05, 4.69) is 25.5 Å². The molecule has 2 heterocycles. The summed E-state index contributed by atoms with van der Waals surface area (Å²) in [6, 6.07) is 3.22. The van der Waals surface area contributed by atoms with Crippen molar-refractivity contribution in [1.82, 2.24) is 20.2 Å². The molecule has 2 aromatic heterocycles. The van der Waals surface area contributed by atoms with Crippen LogP contribution in [0, 0.1) is 0 Å². The largest absolute Gasteiger partial charge is 0.318 e. The Balaban J connectivity index is 2.09. The van der Waals surface area contributed by atoms with Gasteiger partial charge in [0.25, 0.3) is 5.91 Å². The number of rotatable bonds is 2. The first-order valence-corrected chi connectivity index (χ1v) is 4.42. The van der Waals surface area contributed by atoms with E-state index in [-0.39, 0.29) is 11.7 Å². The summed E-state index contributed by atoms with van der Waals surface area (Å²) < 4.78 is 0. The maximum atomic E-state index is 11.5. The van der Waals surface area contributed by atoms with Crippen molar-refractivity contribution in [3.63, 3.8) is 0 Å². The van der Waals surface area contributed by atoms with E-state index < -0.39 is 0 Å². The SMILES string of the molecule is O=C(Nc1ccc(Cl)nc1)c1ncn[nH]1. The van der Waals surface area contributed by atoms with Crippen LogP contribution in [0.1, 0.15) is 10.6 Å². The van der Waals surface area contributed by atoms with Gasteiger partial charge in [-0.2, -0.15) is 5.10 Å². The molecule has 0 atom stereocenters. The minimum absolute atomic E-state index is 0.143. The van der Waals surface area contributed by atoms with E-state index in [0.717, 1.165) is 0 Å². The highest BCUT2D eigenvalue weighted by Crippen LogP contribution is 2.09. The minimum Gasteiger partial charge on any atom is -0.318 e. The molecule has 0 unspecified atom stereocenters. The van der Waals surface area contributed by atoms with Gasteiger partial charge in [-0.3, -0.25) is 9.89 Å². The van der Waals surface area contributed by atoms with Crippen molar-refractivity contribution in [2.24, 2.45) is 0 Å². The third-order valence-electron chi connectivity index (χ3n) is 1.62. The monoisotopic (exact) mass is 223 g/mol. The molecule has 0 aromatic carbocycles. The highest BCUT2D eigenvalue weighted by atomic mass is 35.5. The zero-order valence-corrected chi connectivity index (χ0v) is 8.19. The molecule has 2 aromatic rings. The molecule has 1 amide bonds. The number of anilines is 1. The third kappa shape index (κ3) is 2.29. The number of carbonyl (C=O) groups is 1. The van der Waals surface area contributed by atoms with Crippen LogP contribution in [0.3, 0.4) is 0 Å². The maximum Gasteiger partial charge on any atom is 0.293 e. The summed E-state index contributed by atoms with van der Waals surface area (Å²) in [4.78, 5) is 19.0. The Hall–Kier alpha value is -1.95. The Morgan fingerprint density at radius 3 is 2.87 bits per heavy atom. The van der Waals surface area contributed by atoms with Gasteiger partial charge >= 0.3 is 0 Å². The average molecular weight is 224 g/mol. The number of carbonyl (C=O) groups excluding carboxylic acids is 1. The van der Waals surface area contributed by atoms with E-state index in [9.17, 15) is 4.79 Å². The number of nitrogens with zero attached hydrogens (tertiary/aromatic N) is 3. The molecular weight excluding hydrogens is 218 g/mol. The summed E-state index contributed by atoms with van der Waals surface area (Å²) in [6.45, 7) is 0. The summed E-state index contributed by atoms with van der Waals surface area (Å²) in [5.74, 6) is -0.235. The minimum atomic E-state index is -0.378. The zero-order chi connectivity index (χ0) is 10.7. The van der Waals surface area contributed by atoms with Gasteiger partial charge in [0.15, 0.2) is 0 Å². The van der Waals surface area contributed by atoms with E-state index in [0.29, 0.717) is 10.8 Å². The van der Waals surface area contributed by atoms with Crippen LogP contribution >= 0.6 is 11.6 Å². The Morgan fingerprint density at radius 2 is 2.27 bits per heavy atom. The molecule has 0 aliphatic carbocycles. The molecule has 0 aliphatic rings. The first-order valence-electron chi connectivity index (χ1n) is 4.04. The molecule has 0 saturated carbocycles. The standard InChI is InChI=1S/C8H6ClN5O/c9-6-2-1-5(3-10-6)13-8(15)7-11-4-12-14-7/h1-4H,(H,13,15)(H,11,12,14). The summed E-state index contributed by atoms with van der Waals surface area (Å²) in [5.41, 5.74) is 0.542. The molecule has 2 rings (SSSR count). The number of amides is 1. The number of hydrogen-bond acceptors (Lipinski definition) is 4. The van der Waals surface area contributed by atoms with Crippen molar-refractivity contribution in [1.29, 1.82) is 0 Å². The first kappa shape index (κ1) is 9.60. The molecule has 0 fully saturated rings. The highest BCUT2D eigenvalue weighted by molar-refractivity contribution is 6.29. The first-order chi connectivity index (χ1) is 7.25. The smallest absolute Gasteiger partial charge is 0.293 e. The lowest BCUT2D eigenvalue weighted by Crippen LogP contribution is -2.13. The molecule has 6 nitrogen and oxygen atoms in total. The number of pyridine rings is 1. The van der Waals surface area contributed by atoms with Gasteiger partial charge in [0.1, 0.15) is 11.5 Å². The molecule has 0 saturated heterocycles. The van der Waals surface area contributed by atoms with Crippen LogP contribution in [0.4, 0.5) is 5.69 Å². The molecular formula is C8H6ClN5O. The molecule has 0 bridgehead atoms. The van der Waals surface area contributed by atoms with Crippen molar-refractivity contribution in [3.05, 3.63) is 35.6 Å². The average Bonchev–Trinajstić information content (AvgIpc) is 2.74. The third-order valence-corrected chi connectivity index (χ3v) is 1.84. The number of nitrogens with one attached hydrogen (secondary N) is 2. The van der Waals surface area contributed by atoms with E-state index >= 15 is 0 Å². The van der Waals surface area contributed by atoms with Gasteiger partial charge in [-0.1, -0.05) is 11.6 Å². The summed E-state index contributed by atoms with van der Waals surface area (Å²) in [7, 11) is 0. The van der Waals surface area contributed by atoms with Gasteiger partial charge in [-0.15, -0.1) is 0 Å².